The molecule has 0 aromatic heterocycles. The summed E-state index contributed by atoms with van der Waals surface area (Å²) in [7, 11) is 0. The highest BCUT2D eigenvalue weighted by molar-refractivity contribution is 7.99. The lowest BCUT2D eigenvalue weighted by Crippen LogP contribution is -2.17. The highest BCUT2D eigenvalue weighted by atomic mass is 35.5. The number of hydrogen-bond acceptors (Lipinski definition) is 5. The number of ether oxygens (including phenoxy) is 1. The number of aromatic carboxylic acids is 1. The first-order valence-electron chi connectivity index (χ1n) is 8.58. The fourth-order valence-corrected chi connectivity index (χ4v) is 4.25. The maximum atomic E-state index is 13.0. The Balaban J connectivity index is 2.18. The summed E-state index contributed by atoms with van der Waals surface area (Å²) in [6, 6.07) is 9.45. The van der Waals surface area contributed by atoms with Crippen molar-refractivity contribution >= 4 is 52.7 Å². The first-order valence-corrected chi connectivity index (χ1v) is 10.3. The van der Waals surface area contributed by atoms with Crippen molar-refractivity contribution in [2.45, 2.75) is 18.2 Å². The van der Waals surface area contributed by atoms with Crippen molar-refractivity contribution in [3.8, 4) is 5.75 Å². The molecule has 0 aliphatic heterocycles. The van der Waals surface area contributed by atoms with Crippen LogP contribution in [0.2, 0.25) is 10.0 Å². The molecule has 6 nitrogen and oxygen atoms in total. The van der Waals surface area contributed by atoms with Crippen LogP contribution in [0.5, 0.6) is 5.75 Å². The van der Waals surface area contributed by atoms with Gasteiger partial charge in [-0.3, -0.25) is 4.79 Å². The number of carbonyl (C=O) groups excluding carboxylic acids is 1. The van der Waals surface area contributed by atoms with E-state index in [1.165, 1.54) is 30.0 Å². The van der Waals surface area contributed by atoms with Crippen LogP contribution in [0.1, 0.15) is 34.1 Å². The third kappa shape index (κ3) is 5.88. The van der Waals surface area contributed by atoms with Crippen LogP contribution in [0, 0.1) is 5.92 Å². The molecule has 1 unspecified atom stereocenters. The van der Waals surface area contributed by atoms with Crippen molar-refractivity contribution in [3.05, 3.63) is 57.6 Å². The molecule has 2 rings (SSSR count). The molecular formula is C20H18Cl2O6S. The van der Waals surface area contributed by atoms with Crippen LogP contribution in [0.15, 0.2) is 41.3 Å². The van der Waals surface area contributed by atoms with Crippen molar-refractivity contribution in [2.24, 2.45) is 5.92 Å². The minimum absolute atomic E-state index is 0.00561. The number of hydrogen-bond donors (Lipinski definition) is 2. The van der Waals surface area contributed by atoms with Gasteiger partial charge in [-0.1, -0.05) is 42.3 Å². The monoisotopic (exact) mass is 456 g/mol. The molecule has 0 aliphatic rings. The molecule has 2 aromatic carbocycles. The molecule has 0 saturated heterocycles. The predicted molar refractivity (Wildman–Crippen MR) is 112 cm³/mol. The highest BCUT2D eigenvalue weighted by Gasteiger charge is 2.24. The second kappa shape index (κ2) is 10.5. The molecule has 1 atom stereocenters. The Bertz CT molecular complexity index is 931. The van der Waals surface area contributed by atoms with E-state index in [1.54, 1.807) is 18.2 Å². The molecular weight excluding hydrogens is 439 g/mol. The fourth-order valence-electron chi connectivity index (χ4n) is 2.53. The van der Waals surface area contributed by atoms with Gasteiger partial charge in [0.2, 0.25) is 0 Å². The van der Waals surface area contributed by atoms with E-state index in [0.29, 0.717) is 17.1 Å². The predicted octanol–water partition coefficient (Wildman–Crippen LogP) is 5.16. The first kappa shape index (κ1) is 23.1. The van der Waals surface area contributed by atoms with E-state index in [1.807, 2.05) is 6.92 Å². The Labute approximate surface area is 181 Å². The molecule has 0 fully saturated rings. The second-order valence-electron chi connectivity index (χ2n) is 6.00. The second-order valence-corrected chi connectivity index (χ2v) is 7.82. The summed E-state index contributed by atoms with van der Waals surface area (Å²) in [5, 5.41) is 17.9. The number of carbonyl (C=O) groups is 3. The number of halogens is 2. The van der Waals surface area contributed by atoms with Crippen molar-refractivity contribution in [1.29, 1.82) is 0 Å². The van der Waals surface area contributed by atoms with Gasteiger partial charge in [0.25, 0.3) is 0 Å². The van der Waals surface area contributed by atoms with Crippen LogP contribution in [0.4, 0.5) is 0 Å². The average molecular weight is 457 g/mol. The van der Waals surface area contributed by atoms with Gasteiger partial charge in [0.15, 0.2) is 12.4 Å². The molecule has 0 amide bonds. The quantitative estimate of drug-likeness (QED) is 0.376. The zero-order chi connectivity index (χ0) is 21.6. The molecule has 154 valence electrons. The number of aliphatic carboxylic acids is 1. The Morgan fingerprint density at radius 3 is 2.34 bits per heavy atom. The lowest BCUT2D eigenvalue weighted by atomic mass is 9.97. The van der Waals surface area contributed by atoms with Crippen LogP contribution < -0.4 is 4.74 Å². The van der Waals surface area contributed by atoms with E-state index in [-0.39, 0.29) is 32.7 Å². The molecule has 0 spiro atoms. The lowest BCUT2D eigenvalue weighted by Gasteiger charge is -2.16. The number of thioether (sulfide) groups is 1. The van der Waals surface area contributed by atoms with Crippen LogP contribution >= 0.6 is 35.0 Å². The van der Waals surface area contributed by atoms with Crippen molar-refractivity contribution < 1.29 is 29.3 Å². The topological polar surface area (TPSA) is 101 Å². The van der Waals surface area contributed by atoms with Gasteiger partial charge in [-0.05, 0) is 30.7 Å². The molecule has 9 heteroatoms. The lowest BCUT2D eigenvalue weighted by molar-refractivity contribution is -0.139. The zero-order valence-electron chi connectivity index (χ0n) is 15.4. The number of ketones is 1. The maximum Gasteiger partial charge on any atom is 0.341 e. The normalized spacial score (nSPS) is 11.7. The minimum Gasteiger partial charge on any atom is -0.480 e. The summed E-state index contributed by atoms with van der Waals surface area (Å²) in [6.07, 6.45) is 0.520. The Morgan fingerprint density at radius 2 is 1.72 bits per heavy atom. The number of rotatable bonds is 10. The average Bonchev–Trinajstić information content (AvgIpc) is 2.69. The van der Waals surface area contributed by atoms with Crippen LogP contribution in [0.25, 0.3) is 0 Å². The van der Waals surface area contributed by atoms with Gasteiger partial charge in [-0.2, -0.15) is 0 Å². The molecule has 0 heterocycles. The van der Waals surface area contributed by atoms with E-state index in [0.717, 1.165) is 0 Å². The zero-order valence-corrected chi connectivity index (χ0v) is 17.7. The van der Waals surface area contributed by atoms with Gasteiger partial charge < -0.3 is 14.9 Å². The SMILES string of the molecule is CCC(CSc1ccccc1C(=O)O)C(=O)c1ccc(OCC(=O)O)c(Cl)c1Cl. The van der Waals surface area contributed by atoms with Crippen LogP contribution in [-0.4, -0.2) is 40.3 Å². The third-order valence-corrected chi connectivity index (χ3v) is 6.19. The smallest absolute Gasteiger partial charge is 0.341 e. The minimum atomic E-state index is -1.16. The number of Topliss-reactive ketones (excluding diaryl/α,β-unsaturated/α-hetero) is 1. The van der Waals surface area contributed by atoms with Crippen LogP contribution in [0.3, 0.4) is 0 Å². The maximum absolute atomic E-state index is 13.0. The van der Waals surface area contributed by atoms with Crippen molar-refractivity contribution in [1.82, 2.24) is 0 Å². The summed E-state index contributed by atoms with van der Waals surface area (Å²) in [6.45, 7) is 1.27. The molecule has 2 aromatic rings. The van der Waals surface area contributed by atoms with Gasteiger partial charge in [-0.25, -0.2) is 9.59 Å². The van der Waals surface area contributed by atoms with E-state index >= 15 is 0 Å². The summed E-state index contributed by atoms with van der Waals surface area (Å²) < 4.78 is 5.05. The molecule has 0 saturated carbocycles. The standard InChI is InChI=1S/C20H18Cl2O6S/c1-2-11(10-29-15-6-4-3-5-12(15)20(26)27)19(25)13-7-8-14(18(22)17(13)21)28-9-16(23)24/h3-8,11H,2,9-10H2,1H3,(H,23,24)(H,26,27). The Kier molecular flexibility index (Phi) is 8.37. The molecule has 2 N–H and O–H groups in total. The molecule has 0 bridgehead atoms. The Morgan fingerprint density at radius 1 is 1.03 bits per heavy atom. The summed E-state index contributed by atoms with van der Waals surface area (Å²) in [5.41, 5.74) is 0.388. The molecule has 0 aliphatic carbocycles. The van der Waals surface area contributed by atoms with Crippen LogP contribution in [-0.2, 0) is 4.79 Å². The third-order valence-electron chi connectivity index (χ3n) is 4.08. The van der Waals surface area contributed by atoms with Gasteiger partial charge in [0.05, 0.1) is 10.6 Å². The summed E-state index contributed by atoms with van der Waals surface area (Å²) in [4.78, 5) is 35.5. The number of benzene rings is 2. The largest absolute Gasteiger partial charge is 0.480 e. The molecule has 0 radical (unpaired) electrons. The van der Waals surface area contributed by atoms with Gasteiger partial charge in [0, 0.05) is 22.1 Å². The highest BCUT2D eigenvalue weighted by Crippen LogP contribution is 2.37. The molecule has 29 heavy (non-hydrogen) atoms. The number of carboxylic acid groups (broad SMARTS) is 2. The van der Waals surface area contributed by atoms with E-state index in [9.17, 15) is 19.5 Å². The fraction of sp³-hybridized carbons (Fsp3) is 0.250. The van der Waals surface area contributed by atoms with E-state index in [2.05, 4.69) is 0 Å². The van der Waals surface area contributed by atoms with Gasteiger partial charge in [-0.15, -0.1) is 11.8 Å². The van der Waals surface area contributed by atoms with E-state index < -0.39 is 24.5 Å². The van der Waals surface area contributed by atoms with Gasteiger partial charge >= 0.3 is 11.9 Å². The van der Waals surface area contributed by atoms with Crippen molar-refractivity contribution in [3.63, 3.8) is 0 Å². The number of carboxylic acids is 2. The van der Waals surface area contributed by atoms with Crippen molar-refractivity contribution in [2.75, 3.05) is 12.4 Å². The summed E-state index contributed by atoms with van der Waals surface area (Å²) in [5.74, 6) is -2.40. The Hall–Kier alpha value is -2.22. The summed E-state index contributed by atoms with van der Waals surface area (Å²) >= 11 is 13.6. The first-order chi connectivity index (χ1) is 13.8. The van der Waals surface area contributed by atoms with Gasteiger partial charge in [0.1, 0.15) is 10.8 Å². The van der Waals surface area contributed by atoms with E-state index in [4.69, 9.17) is 33.0 Å².